The number of amides is 1. The van der Waals surface area contributed by atoms with Gasteiger partial charge in [0.2, 0.25) is 0 Å². The minimum Gasteiger partial charge on any atom is -0.344 e. The maximum atomic E-state index is 12.4. The number of nitrogens with one attached hydrogen (secondary N) is 2. The second kappa shape index (κ2) is 7.25. The van der Waals surface area contributed by atoms with Crippen LogP contribution >= 0.6 is 0 Å². The van der Waals surface area contributed by atoms with Crippen molar-refractivity contribution in [1.29, 1.82) is 0 Å². The van der Waals surface area contributed by atoms with Gasteiger partial charge in [0.25, 0.3) is 5.91 Å². The monoisotopic (exact) mass is 299 g/mol. The van der Waals surface area contributed by atoms with Crippen LogP contribution in [0.4, 0.5) is 0 Å². The molecule has 22 heavy (non-hydrogen) atoms. The number of benzene rings is 1. The normalized spacial score (nSPS) is 12.4. The molecule has 1 aromatic heterocycles. The van der Waals surface area contributed by atoms with Gasteiger partial charge in [0.15, 0.2) is 0 Å². The van der Waals surface area contributed by atoms with Gasteiger partial charge in [-0.3, -0.25) is 4.79 Å². The first kappa shape index (κ1) is 16.3. The SMILES string of the molecule is CC[C@@H](NC(=O)c1ccc(CC(C)C)cc1)c1ncc(C)[nH]1. The Balaban J connectivity index is 2.04. The minimum absolute atomic E-state index is 0.0583. The van der Waals surface area contributed by atoms with E-state index in [1.54, 1.807) is 6.20 Å². The van der Waals surface area contributed by atoms with E-state index in [4.69, 9.17) is 0 Å². The predicted molar refractivity (Wildman–Crippen MR) is 88.8 cm³/mol. The number of hydrogen-bond acceptors (Lipinski definition) is 2. The van der Waals surface area contributed by atoms with Crippen molar-refractivity contribution in [2.24, 2.45) is 5.92 Å². The average molecular weight is 299 g/mol. The van der Waals surface area contributed by atoms with Gasteiger partial charge in [0.1, 0.15) is 5.82 Å². The molecule has 4 heteroatoms. The van der Waals surface area contributed by atoms with E-state index in [1.165, 1.54) is 5.56 Å². The van der Waals surface area contributed by atoms with Gasteiger partial charge in [0, 0.05) is 17.5 Å². The van der Waals surface area contributed by atoms with Crippen molar-refractivity contribution in [3.05, 3.63) is 53.1 Å². The molecule has 0 saturated carbocycles. The number of rotatable bonds is 6. The topological polar surface area (TPSA) is 57.8 Å². The third-order valence-electron chi connectivity index (χ3n) is 3.63. The summed E-state index contributed by atoms with van der Waals surface area (Å²) in [5.41, 5.74) is 2.95. The first-order chi connectivity index (χ1) is 10.5. The third kappa shape index (κ3) is 4.20. The summed E-state index contributed by atoms with van der Waals surface area (Å²) in [5.74, 6) is 1.37. The molecule has 1 heterocycles. The van der Waals surface area contributed by atoms with Gasteiger partial charge in [-0.05, 0) is 43.4 Å². The van der Waals surface area contributed by atoms with E-state index in [0.29, 0.717) is 11.5 Å². The van der Waals surface area contributed by atoms with Crippen molar-refractivity contribution in [3.63, 3.8) is 0 Å². The maximum absolute atomic E-state index is 12.4. The lowest BCUT2D eigenvalue weighted by Gasteiger charge is -2.15. The molecule has 0 aliphatic heterocycles. The van der Waals surface area contributed by atoms with Gasteiger partial charge >= 0.3 is 0 Å². The van der Waals surface area contributed by atoms with E-state index in [-0.39, 0.29) is 11.9 Å². The predicted octanol–water partition coefficient (Wildman–Crippen LogP) is 3.80. The van der Waals surface area contributed by atoms with Crippen LogP contribution in [0.1, 0.15) is 60.7 Å². The highest BCUT2D eigenvalue weighted by atomic mass is 16.1. The molecule has 0 aliphatic rings. The van der Waals surface area contributed by atoms with Crippen LogP contribution in [0.25, 0.3) is 0 Å². The van der Waals surface area contributed by atoms with Crippen LogP contribution in [0.3, 0.4) is 0 Å². The van der Waals surface area contributed by atoms with Crippen molar-refractivity contribution in [3.8, 4) is 0 Å². The minimum atomic E-state index is -0.0865. The van der Waals surface area contributed by atoms with E-state index < -0.39 is 0 Å². The van der Waals surface area contributed by atoms with Crippen LogP contribution in [0.15, 0.2) is 30.5 Å². The molecule has 118 valence electrons. The van der Waals surface area contributed by atoms with Crippen molar-refractivity contribution in [2.45, 2.75) is 46.6 Å². The van der Waals surface area contributed by atoms with Gasteiger partial charge in [-0.15, -0.1) is 0 Å². The Morgan fingerprint density at radius 3 is 2.45 bits per heavy atom. The summed E-state index contributed by atoms with van der Waals surface area (Å²) in [6.45, 7) is 8.38. The summed E-state index contributed by atoms with van der Waals surface area (Å²) < 4.78 is 0. The second-order valence-electron chi connectivity index (χ2n) is 6.18. The Hall–Kier alpha value is -2.10. The summed E-state index contributed by atoms with van der Waals surface area (Å²) in [7, 11) is 0. The van der Waals surface area contributed by atoms with Crippen LogP contribution in [-0.4, -0.2) is 15.9 Å². The molecule has 0 fully saturated rings. The molecule has 2 rings (SSSR count). The highest BCUT2D eigenvalue weighted by Gasteiger charge is 2.16. The molecule has 0 radical (unpaired) electrons. The van der Waals surface area contributed by atoms with Gasteiger partial charge in [-0.2, -0.15) is 0 Å². The molecule has 1 atom stereocenters. The molecule has 4 nitrogen and oxygen atoms in total. The van der Waals surface area contributed by atoms with Crippen LogP contribution in [0, 0.1) is 12.8 Å². The number of H-pyrrole nitrogens is 1. The number of carbonyl (C=O) groups excluding carboxylic acids is 1. The zero-order valence-electron chi connectivity index (χ0n) is 13.8. The first-order valence-corrected chi connectivity index (χ1v) is 7.91. The Labute approximate surface area is 132 Å². The van der Waals surface area contributed by atoms with E-state index in [2.05, 4.69) is 29.1 Å². The third-order valence-corrected chi connectivity index (χ3v) is 3.63. The largest absolute Gasteiger partial charge is 0.344 e. The lowest BCUT2D eigenvalue weighted by molar-refractivity contribution is 0.0934. The van der Waals surface area contributed by atoms with E-state index in [0.717, 1.165) is 24.4 Å². The van der Waals surface area contributed by atoms with E-state index in [9.17, 15) is 4.79 Å². The van der Waals surface area contributed by atoms with Gasteiger partial charge in [-0.25, -0.2) is 4.98 Å². The number of aryl methyl sites for hydroxylation is 1. The molecule has 2 aromatic rings. The maximum Gasteiger partial charge on any atom is 0.251 e. The quantitative estimate of drug-likeness (QED) is 0.852. The molecule has 0 spiro atoms. The Morgan fingerprint density at radius 1 is 1.27 bits per heavy atom. The van der Waals surface area contributed by atoms with Gasteiger partial charge in [-0.1, -0.05) is 32.9 Å². The van der Waals surface area contributed by atoms with Crippen molar-refractivity contribution >= 4 is 5.91 Å². The van der Waals surface area contributed by atoms with Crippen LogP contribution < -0.4 is 5.32 Å². The zero-order chi connectivity index (χ0) is 16.1. The lowest BCUT2D eigenvalue weighted by atomic mass is 10.0. The fourth-order valence-corrected chi connectivity index (χ4v) is 2.48. The molecule has 0 aliphatic carbocycles. The van der Waals surface area contributed by atoms with Crippen LogP contribution in [0.2, 0.25) is 0 Å². The highest BCUT2D eigenvalue weighted by molar-refractivity contribution is 5.94. The summed E-state index contributed by atoms with van der Waals surface area (Å²) in [5, 5.41) is 3.04. The summed E-state index contributed by atoms with van der Waals surface area (Å²) in [6.07, 6.45) is 3.61. The average Bonchev–Trinajstić information content (AvgIpc) is 2.91. The number of imidazole rings is 1. The number of aromatic nitrogens is 2. The van der Waals surface area contributed by atoms with Crippen molar-refractivity contribution in [2.75, 3.05) is 0 Å². The lowest BCUT2D eigenvalue weighted by Crippen LogP contribution is -2.28. The summed E-state index contributed by atoms with van der Waals surface area (Å²) in [4.78, 5) is 19.9. The van der Waals surface area contributed by atoms with Crippen LogP contribution in [0.5, 0.6) is 0 Å². The van der Waals surface area contributed by atoms with E-state index >= 15 is 0 Å². The molecule has 1 amide bonds. The standard InChI is InChI=1S/C18H25N3O/c1-5-16(17-19-11-13(4)20-17)21-18(22)15-8-6-14(7-9-15)10-12(2)3/h6-9,11-12,16H,5,10H2,1-4H3,(H,19,20)(H,21,22)/t16-/m1/s1. The Kier molecular flexibility index (Phi) is 5.36. The fraction of sp³-hybridized carbons (Fsp3) is 0.444. The molecule has 0 saturated heterocycles. The number of carbonyl (C=O) groups is 1. The second-order valence-corrected chi connectivity index (χ2v) is 6.18. The van der Waals surface area contributed by atoms with Gasteiger partial charge in [0.05, 0.1) is 6.04 Å². The highest BCUT2D eigenvalue weighted by Crippen LogP contribution is 2.15. The Morgan fingerprint density at radius 2 is 1.95 bits per heavy atom. The number of nitrogens with zero attached hydrogens (tertiary/aromatic N) is 1. The molecular formula is C18H25N3O. The first-order valence-electron chi connectivity index (χ1n) is 7.91. The van der Waals surface area contributed by atoms with Crippen molar-refractivity contribution in [1.82, 2.24) is 15.3 Å². The Bertz CT molecular complexity index is 614. The number of aromatic amines is 1. The molecule has 0 bridgehead atoms. The smallest absolute Gasteiger partial charge is 0.251 e. The molecule has 0 unspecified atom stereocenters. The number of hydrogen-bond donors (Lipinski definition) is 2. The van der Waals surface area contributed by atoms with Crippen LogP contribution in [-0.2, 0) is 6.42 Å². The molecule has 1 aromatic carbocycles. The fourth-order valence-electron chi connectivity index (χ4n) is 2.48. The summed E-state index contributed by atoms with van der Waals surface area (Å²) >= 11 is 0. The molecular weight excluding hydrogens is 274 g/mol. The zero-order valence-corrected chi connectivity index (χ0v) is 13.8. The van der Waals surface area contributed by atoms with Crippen molar-refractivity contribution < 1.29 is 4.79 Å². The van der Waals surface area contributed by atoms with E-state index in [1.807, 2.05) is 38.1 Å². The van der Waals surface area contributed by atoms with Gasteiger partial charge < -0.3 is 10.3 Å². The molecule has 2 N–H and O–H groups in total. The summed E-state index contributed by atoms with van der Waals surface area (Å²) in [6, 6.07) is 7.77.